The standard InChI is InChI=1S/C25H34F2N2O/c1-30-24-15-6-5-12-21(24)19-28-23-14-9-17-29(16-8-7-13-22(27)18-26)25(23)20-10-3-2-4-11-20/h2-6,10-12,15,22-23,25,28H,7-9,13-14,16-19H2,1H3/t22?,23-,25-/m0/s1. The van der Waals surface area contributed by atoms with Crippen LogP contribution in [-0.2, 0) is 6.54 Å². The number of hydrogen-bond donors (Lipinski definition) is 1. The lowest BCUT2D eigenvalue weighted by atomic mass is 9.89. The first-order chi connectivity index (χ1) is 14.7. The van der Waals surface area contributed by atoms with Gasteiger partial charge in [-0.1, -0.05) is 48.5 Å². The number of methoxy groups -OCH3 is 1. The second kappa shape index (κ2) is 12.0. The highest BCUT2D eigenvalue weighted by Crippen LogP contribution is 2.32. The van der Waals surface area contributed by atoms with Crippen LogP contribution in [0, 0.1) is 0 Å². The van der Waals surface area contributed by atoms with Gasteiger partial charge in [0, 0.05) is 18.2 Å². The zero-order chi connectivity index (χ0) is 21.2. The van der Waals surface area contributed by atoms with Gasteiger partial charge in [0.2, 0.25) is 0 Å². The number of halogens is 2. The van der Waals surface area contributed by atoms with Crippen LogP contribution in [0.4, 0.5) is 8.78 Å². The number of alkyl halides is 2. The Morgan fingerprint density at radius 2 is 1.87 bits per heavy atom. The van der Waals surface area contributed by atoms with E-state index in [-0.39, 0.29) is 6.04 Å². The SMILES string of the molecule is COc1ccccc1CN[C@H]1CCCN(CCCCC(F)CF)[C@H]1c1ccccc1. The number of unbranched alkanes of at least 4 members (excludes halogenated alkanes) is 1. The van der Waals surface area contributed by atoms with Gasteiger partial charge in [0.05, 0.1) is 13.2 Å². The molecular weight excluding hydrogens is 382 g/mol. The molecule has 30 heavy (non-hydrogen) atoms. The minimum absolute atomic E-state index is 0.275. The van der Waals surface area contributed by atoms with E-state index in [1.54, 1.807) is 7.11 Å². The molecule has 1 fully saturated rings. The van der Waals surface area contributed by atoms with Gasteiger partial charge in [-0.3, -0.25) is 4.90 Å². The van der Waals surface area contributed by atoms with Gasteiger partial charge >= 0.3 is 0 Å². The van der Waals surface area contributed by atoms with Crippen LogP contribution in [0.25, 0.3) is 0 Å². The maximum atomic E-state index is 13.2. The Hall–Kier alpha value is -1.98. The summed E-state index contributed by atoms with van der Waals surface area (Å²) in [6.07, 6.45) is 2.86. The molecule has 0 spiro atoms. The van der Waals surface area contributed by atoms with Crippen LogP contribution in [0.1, 0.15) is 49.3 Å². The van der Waals surface area contributed by atoms with E-state index in [0.29, 0.717) is 12.5 Å². The van der Waals surface area contributed by atoms with E-state index in [0.717, 1.165) is 56.6 Å². The fraction of sp³-hybridized carbons (Fsp3) is 0.520. The first kappa shape index (κ1) is 22.7. The van der Waals surface area contributed by atoms with E-state index in [4.69, 9.17) is 4.74 Å². The van der Waals surface area contributed by atoms with Crippen molar-refractivity contribution in [2.75, 3.05) is 26.9 Å². The molecule has 1 saturated heterocycles. The summed E-state index contributed by atoms with van der Waals surface area (Å²) in [7, 11) is 1.71. The number of para-hydroxylation sites is 1. The van der Waals surface area contributed by atoms with E-state index in [9.17, 15) is 8.78 Å². The molecule has 3 nitrogen and oxygen atoms in total. The number of benzene rings is 2. The molecule has 2 aromatic carbocycles. The highest BCUT2D eigenvalue weighted by molar-refractivity contribution is 5.33. The molecule has 1 heterocycles. The quantitative estimate of drug-likeness (QED) is 0.492. The molecule has 2 aromatic rings. The van der Waals surface area contributed by atoms with Gasteiger partial charge in [0.25, 0.3) is 0 Å². The van der Waals surface area contributed by atoms with Crippen molar-refractivity contribution in [2.45, 2.75) is 56.9 Å². The van der Waals surface area contributed by atoms with Crippen LogP contribution >= 0.6 is 0 Å². The maximum absolute atomic E-state index is 13.2. The Kier molecular flexibility index (Phi) is 9.09. The molecule has 1 unspecified atom stereocenters. The molecule has 0 amide bonds. The van der Waals surface area contributed by atoms with Gasteiger partial charge in [-0.2, -0.15) is 0 Å². The summed E-state index contributed by atoms with van der Waals surface area (Å²) in [5.41, 5.74) is 2.46. The van der Waals surface area contributed by atoms with Crippen molar-refractivity contribution in [1.29, 1.82) is 0 Å². The highest BCUT2D eigenvalue weighted by Gasteiger charge is 2.32. The number of nitrogens with one attached hydrogen (secondary N) is 1. The fourth-order valence-electron chi connectivity index (χ4n) is 4.47. The van der Waals surface area contributed by atoms with Crippen LogP contribution in [0.5, 0.6) is 5.75 Å². The van der Waals surface area contributed by atoms with Crippen molar-refractivity contribution in [3.05, 3.63) is 65.7 Å². The van der Waals surface area contributed by atoms with Gasteiger partial charge < -0.3 is 10.1 Å². The zero-order valence-electron chi connectivity index (χ0n) is 17.9. The Bertz CT molecular complexity index is 743. The molecule has 0 aliphatic carbocycles. The summed E-state index contributed by atoms with van der Waals surface area (Å²) in [6.45, 7) is 1.83. The molecule has 1 aliphatic rings. The van der Waals surface area contributed by atoms with E-state index in [1.165, 1.54) is 5.56 Å². The van der Waals surface area contributed by atoms with Crippen molar-refractivity contribution >= 4 is 0 Å². The molecule has 5 heteroatoms. The minimum atomic E-state index is -1.31. The van der Waals surface area contributed by atoms with Crippen molar-refractivity contribution < 1.29 is 13.5 Å². The molecule has 0 bridgehead atoms. The first-order valence-electron chi connectivity index (χ1n) is 11.1. The van der Waals surface area contributed by atoms with Gasteiger partial charge in [-0.05, 0) is 56.8 Å². The number of hydrogen-bond acceptors (Lipinski definition) is 3. The smallest absolute Gasteiger partial charge is 0.128 e. The number of likely N-dealkylation sites (tertiary alicyclic amines) is 1. The van der Waals surface area contributed by atoms with E-state index < -0.39 is 12.8 Å². The summed E-state index contributed by atoms with van der Waals surface area (Å²) in [5.74, 6) is 0.905. The molecule has 3 atom stereocenters. The van der Waals surface area contributed by atoms with E-state index in [1.807, 2.05) is 24.3 Å². The number of piperidine rings is 1. The van der Waals surface area contributed by atoms with Gasteiger partial charge in [-0.15, -0.1) is 0 Å². The third kappa shape index (κ3) is 6.26. The Balaban J connectivity index is 1.67. The van der Waals surface area contributed by atoms with E-state index in [2.05, 4.69) is 40.5 Å². The maximum Gasteiger partial charge on any atom is 0.128 e. The molecular formula is C25H34F2N2O. The Morgan fingerprint density at radius 1 is 1.10 bits per heavy atom. The summed E-state index contributed by atoms with van der Waals surface area (Å²) in [6, 6.07) is 19.3. The first-order valence-corrected chi connectivity index (χ1v) is 11.1. The van der Waals surface area contributed by atoms with Crippen LogP contribution in [-0.4, -0.2) is 44.0 Å². The summed E-state index contributed by atoms with van der Waals surface area (Å²) in [4.78, 5) is 2.52. The number of nitrogens with zero attached hydrogens (tertiary/aromatic N) is 1. The molecule has 0 aromatic heterocycles. The summed E-state index contributed by atoms with van der Waals surface area (Å²) in [5, 5.41) is 3.78. The highest BCUT2D eigenvalue weighted by atomic mass is 19.2. The second-order valence-electron chi connectivity index (χ2n) is 8.08. The third-order valence-electron chi connectivity index (χ3n) is 6.00. The van der Waals surface area contributed by atoms with Gasteiger partial charge in [0.1, 0.15) is 18.6 Å². The average molecular weight is 417 g/mol. The lowest BCUT2D eigenvalue weighted by molar-refractivity contribution is 0.107. The third-order valence-corrected chi connectivity index (χ3v) is 6.00. The van der Waals surface area contributed by atoms with Crippen LogP contribution in [0.15, 0.2) is 54.6 Å². The Morgan fingerprint density at radius 3 is 2.63 bits per heavy atom. The van der Waals surface area contributed by atoms with Gasteiger partial charge in [-0.25, -0.2) is 8.78 Å². The summed E-state index contributed by atoms with van der Waals surface area (Å²) >= 11 is 0. The van der Waals surface area contributed by atoms with Crippen molar-refractivity contribution in [3.63, 3.8) is 0 Å². The topological polar surface area (TPSA) is 24.5 Å². The average Bonchev–Trinajstić information content (AvgIpc) is 2.81. The van der Waals surface area contributed by atoms with Crippen molar-refractivity contribution in [1.82, 2.24) is 10.2 Å². The van der Waals surface area contributed by atoms with Crippen LogP contribution < -0.4 is 10.1 Å². The van der Waals surface area contributed by atoms with E-state index >= 15 is 0 Å². The lowest BCUT2D eigenvalue weighted by Crippen LogP contribution is -2.48. The van der Waals surface area contributed by atoms with Crippen molar-refractivity contribution in [3.8, 4) is 5.75 Å². The predicted octanol–water partition coefficient (Wildman–Crippen LogP) is 5.47. The summed E-state index contributed by atoms with van der Waals surface area (Å²) < 4.78 is 31.1. The fourth-order valence-corrected chi connectivity index (χ4v) is 4.47. The molecule has 3 rings (SSSR count). The number of rotatable bonds is 11. The second-order valence-corrected chi connectivity index (χ2v) is 8.08. The largest absolute Gasteiger partial charge is 0.496 e. The van der Waals surface area contributed by atoms with Gasteiger partial charge in [0.15, 0.2) is 0 Å². The zero-order valence-corrected chi connectivity index (χ0v) is 17.9. The minimum Gasteiger partial charge on any atom is -0.496 e. The Labute approximate surface area is 179 Å². The molecule has 0 saturated carbocycles. The molecule has 0 radical (unpaired) electrons. The lowest BCUT2D eigenvalue weighted by Gasteiger charge is -2.42. The molecule has 1 aliphatic heterocycles. The number of ether oxygens (including phenoxy) is 1. The van der Waals surface area contributed by atoms with Crippen LogP contribution in [0.2, 0.25) is 0 Å². The monoisotopic (exact) mass is 416 g/mol. The molecule has 1 N–H and O–H groups in total. The predicted molar refractivity (Wildman–Crippen MR) is 118 cm³/mol. The van der Waals surface area contributed by atoms with Crippen molar-refractivity contribution in [2.24, 2.45) is 0 Å². The normalized spacial score (nSPS) is 20.8. The van der Waals surface area contributed by atoms with Crippen LogP contribution in [0.3, 0.4) is 0 Å². The molecule has 164 valence electrons.